The van der Waals surface area contributed by atoms with Crippen LogP contribution in [0.1, 0.15) is 18.5 Å². The van der Waals surface area contributed by atoms with Gasteiger partial charge in [-0.3, -0.25) is 9.69 Å². The van der Waals surface area contributed by atoms with E-state index in [1.807, 2.05) is 6.92 Å². The van der Waals surface area contributed by atoms with Crippen molar-refractivity contribution in [2.24, 2.45) is 0 Å². The number of anilines is 1. The van der Waals surface area contributed by atoms with Crippen molar-refractivity contribution in [3.8, 4) is 0 Å². The van der Waals surface area contributed by atoms with E-state index in [1.165, 1.54) is 40.2 Å². The number of fused-ring (bicyclic) bond motifs is 1. The van der Waals surface area contributed by atoms with Gasteiger partial charge in [-0.1, -0.05) is 17.4 Å². The summed E-state index contributed by atoms with van der Waals surface area (Å²) < 4.78 is 28.5. The highest BCUT2D eigenvalue weighted by Gasteiger charge is 2.25. The van der Waals surface area contributed by atoms with Crippen LogP contribution in [0.25, 0.3) is 4.96 Å². The molecule has 9 heteroatoms. The summed E-state index contributed by atoms with van der Waals surface area (Å²) in [5, 5.41) is 5.10. The van der Waals surface area contributed by atoms with Crippen molar-refractivity contribution in [1.29, 1.82) is 0 Å². The Labute approximate surface area is 152 Å². The van der Waals surface area contributed by atoms with E-state index < -0.39 is 11.6 Å². The topological polar surface area (TPSA) is 53.7 Å². The molecular weight excluding hydrogens is 360 g/mol. The predicted octanol–water partition coefficient (Wildman–Crippen LogP) is 2.31. The fraction of sp³-hybridized carbons (Fsp3) is 0.353. The Kier molecular flexibility index (Phi) is 4.41. The molecule has 1 aromatic carbocycles. The maximum Gasteiger partial charge on any atom is 0.275 e. The number of benzene rings is 1. The molecule has 0 bridgehead atoms. The van der Waals surface area contributed by atoms with Gasteiger partial charge >= 0.3 is 0 Å². The number of halogens is 2. The summed E-state index contributed by atoms with van der Waals surface area (Å²) >= 11 is 1.37. The van der Waals surface area contributed by atoms with Crippen LogP contribution in [0.3, 0.4) is 0 Å². The third kappa shape index (κ3) is 3.08. The van der Waals surface area contributed by atoms with Crippen molar-refractivity contribution < 1.29 is 8.78 Å². The zero-order valence-corrected chi connectivity index (χ0v) is 14.9. The number of piperazine rings is 1. The number of nitrogens with zero attached hydrogens (tertiary/aromatic N) is 5. The Bertz CT molecular complexity index is 996. The number of rotatable bonds is 3. The summed E-state index contributed by atoms with van der Waals surface area (Å²) in [4.78, 5) is 20.8. The van der Waals surface area contributed by atoms with Gasteiger partial charge in [0.2, 0.25) is 10.1 Å². The summed E-state index contributed by atoms with van der Waals surface area (Å²) in [6.07, 6.45) is 1.48. The minimum atomic E-state index is -0.567. The van der Waals surface area contributed by atoms with Gasteiger partial charge in [-0.25, -0.2) is 13.8 Å². The quantitative estimate of drug-likeness (QED) is 0.701. The maximum absolute atomic E-state index is 14.0. The van der Waals surface area contributed by atoms with Crippen molar-refractivity contribution in [2.75, 3.05) is 31.1 Å². The fourth-order valence-corrected chi connectivity index (χ4v) is 4.13. The summed E-state index contributed by atoms with van der Waals surface area (Å²) in [7, 11) is 0. The van der Waals surface area contributed by atoms with E-state index in [0.717, 1.165) is 24.3 Å². The molecule has 2 aromatic heterocycles. The van der Waals surface area contributed by atoms with E-state index in [0.29, 0.717) is 23.6 Å². The normalized spacial score (nSPS) is 17.0. The zero-order chi connectivity index (χ0) is 18.3. The van der Waals surface area contributed by atoms with Gasteiger partial charge in [0.15, 0.2) is 0 Å². The summed E-state index contributed by atoms with van der Waals surface area (Å²) in [5.74, 6) is -1.08. The van der Waals surface area contributed by atoms with Gasteiger partial charge in [-0.15, -0.1) is 5.10 Å². The molecule has 1 aliphatic rings. The van der Waals surface area contributed by atoms with Gasteiger partial charge in [-0.05, 0) is 13.0 Å². The van der Waals surface area contributed by atoms with Crippen LogP contribution in [0.15, 0.2) is 35.3 Å². The number of hydrogen-bond acceptors (Lipinski definition) is 6. The largest absolute Gasteiger partial charge is 0.344 e. The minimum Gasteiger partial charge on any atom is -0.344 e. The summed E-state index contributed by atoms with van der Waals surface area (Å²) in [6, 6.07) is 4.96. The SMILES string of the molecule is CC(c1ccc(F)cc1F)N1CCN(c2nn3c(=O)ccnc3s2)CC1. The van der Waals surface area contributed by atoms with E-state index in [4.69, 9.17) is 0 Å². The van der Waals surface area contributed by atoms with Gasteiger partial charge < -0.3 is 4.90 Å². The molecule has 0 spiro atoms. The van der Waals surface area contributed by atoms with E-state index in [-0.39, 0.29) is 11.6 Å². The molecule has 3 aromatic rings. The first-order chi connectivity index (χ1) is 12.5. The first kappa shape index (κ1) is 17.0. The van der Waals surface area contributed by atoms with Crippen LogP contribution in [-0.4, -0.2) is 45.7 Å². The van der Waals surface area contributed by atoms with Crippen molar-refractivity contribution in [3.63, 3.8) is 0 Å². The lowest BCUT2D eigenvalue weighted by atomic mass is 10.1. The van der Waals surface area contributed by atoms with Crippen LogP contribution >= 0.6 is 11.3 Å². The van der Waals surface area contributed by atoms with E-state index in [1.54, 1.807) is 0 Å². The fourth-order valence-electron chi connectivity index (χ4n) is 3.20. The van der Waals surface area contributed by atoms with Gasteiger partial charge in [0.25, 0.3) is 5.56 Å². The smallest absolute Gasteiger partial charge is 0.275 e. The molecule has 4 rings (SSSR count). The highest BCUT2D eigenvalue weighted by atomic mass is 32.1. The molecule has 0 N–H and O–H groups in total. The molecule has 3 heterocycles. The Hall–Kier alpha value is -2.39. The average molecular weight is 377 g/mol. The Morgan fingerprint density at radius 3 is 2.62 bits per heavy atom. The lowest BCUT2D eigenvalue weighted by molar-refractivity contribution is 0.195. The first-order valence-electron chi connectivity index (χ1n) is 8.32. The van der Waals surface area contributed by atoms with Crippen molar-refractivity contribution >= 4 is 21.4 Å². The van der Waals surface area contributed by atoms with Crippen LogP contribution in [0.4, 0.5) is 13.9 Å². The number of hydrogen-bond donors (Lipinski definition) is 0. The molecule has 26 heavy (non-hydrogen) atoms. The highest BCUT2D eigenvalue weighted by molar-refractivity contribution is 7.20. The Balaban J connectivity index is 1.48. The molecule has 1 fully saturated rings. The van der Waals surface area contributed by atoms with E-state index in [9.17, 15) is 13.6 Å². The van der Waals surface area contributed by atoms with E-state index in [2.05, 4.69) is 19.9 Å². The van der Waals surface area contributed by atoms with Crippen molar-refractivity contribution in [1.82, 2.24) is 19.5 Å². The van der Waals surface area contributed by atoms with E-state index >= 15 is 0 Å². The molecular formula is C17H17F2N5OS. The van der Waals surface area contributed by atoms with Gasteiger partial charge in [-0.2, -0.15) is 4.52 Å². The second kappa shape index (κ2) is 6.73. The summed E-state index contributed by atoms with van der Waals surface area (Å²) in [5.41, 5.74) is 0.298. The van der Waals surface area contributed by atoms with Crippen LogP contribution in [0.5, 0.6) is 0 Å². The average Bonchev–Trinajstić information content (AvgIpc) is 3.07. The highest BCUT2D eigenvalue weighted by Crippen LogP contribution is 2.27. The third-order valence-electron chi connectivity index (χ3n) is 4.71. The van der Waals surface area contributed by atoms with Crippen LogP contribution in [0.2, 0.25) is 0 Å². The molecule has 1 saturated heterocycles. The van der Waals surface area contributed by atoms with Crippen LogP contribution in [-0.2, 0) is 0 Å². The van der Waals surface area contributed by atoms with Crippen molar-refractivity contribution in [2.45, 2.75) is 13.0 Å². The van der Waals surface area contributed by atoms with Gasteiger partial charge in [0.1, 0.15) is 11.6 Å². The molecule has 0 radical (unpaired) electrons. The lowest BCUT2D eigenvalue weighted by Gasteiger charge is -2.38. The first-order valence-corrected chi connectivity index (χ1v) is 9.13. The number of aromatic nitrogens is 3. The summed E-state index contributed by atoms with van der Waals surface area (Å²) in [6.45, 7) is 4.78. The van der Waals surface area contributed by atoms with Crippen molar-refractivity contribution in [3.05, 3.63) is 58.0 Å². The molecule has 1 atom stereocenters. The molecule has 1 aliphatic heterocycles. The minimum absolute atomic E-state index is 0.141. The molecule has 0 saturated carbocycles. The third-order valence-corrected chi connectivity index (χ3v) is 5.69. The second-order valence-corrected chi connectivity index (χ2v) is 7.16. The monoisotopic (exact) mass is 377 g/mol. The molecule has 0 aliphatic carbocycles. The maximum atomic E-state index is 14.0. The Morgan fingerprint density at radius 2 is 1.92 bits per heavy atom. The van der Waals surface area contributed by atoms with Gasteiger partial charge in [0.05, 0.1) is 0 Å². The second-order valence-electron chi connectivity index (χ2n) is 6.23. The molecule has 6 nitrogen and oxygen atoms in total. The molecule has 136 valence electrons. The Morgan fingerprint density at radius 1 is 1.15 bits per heavy atom. The zero-order valence-electron chi connectivity index (χ0n) is 14.1. The predicted molar refractivity (Wildman–Crippen MR) is 95.7 cm³/mol. The van der Waals surface area contributed by atoms with Gasteiger partial charge in [0, 0.05) is 56.1 Å². The molecule has 1 unspecified atom stereocenters. The molecule has 0 amide bonds. The van der Waals surface area contributed by atoms with Crippen LogP contribution < -0.4 is 10.5 Å². The lowest BCUT2D eigenvalue weighted by Crippen LogP contribution is -2.47. The van der Waals surface area contributed by atoms with Crippen LogP contribution in [0, 0.1) is 11.6 Å². The standard InChI is InChI=1S/C17H17F2N5OS/c1-11(13-3-2-12(18)10-14(13)19)22-6-8-23(9-7-22)17-21-24-15(25)4-5-20-16(24)26-17/h2-5,10-11H,6-9H2,1H3.